The molecule has 2 aromatic rings. The lowest BCUT2D eigenvalue weighted by Gasteiger charge is -2.33. The van der Waals surface area contributed by atoms with Crippen molar-refractivity contribution in [1.82, 2.24) is 5.43 Å². The van der Waals surface area contributed by atoms with E-state index < -0.39 is 0 Å². The Morgan fingerprint density at radius 1 is 1.30 bits per heavy atom. The van der Waals surface area contributed by atoms with E-state index in [2.05, 4.69) is 42.7 Å². The number of hydrogen-bond donors (Lipinski definition) is 2. The van der Waals surface area contributed by atoms with Crippen molar-refractivity contribution in [2.24, 2.45) is 5.84 Å². The van der Waals surface area contributed by atoms with Crippen LogP contribution in [-0.2, 0) is 6.42 Å². The van der Waals surface area contributed by atoms with Crippen LogP contribution in [-0.4, -0.2) is 0 Å². The number of rotatable bonds is 4. The van der Waals surface area contributed by atoms with Crippen LogP contribution in [0.4, 0.5) is 0 Å². The first-order valence-electron chi connectivity index (χ1n) is 6.99. The van der Waals surface area contributed by atoms with Gasteiger partial charge in [0, 0.05) is 11.1 Å². The lowest BCUT2D eigenvalue weighted by atomic mass is 9.73. The van der Waals surface area contributed by atoms with E-state index >= 15 is 0 Å². The maximum absolute atomic E-state index is 6.02. The van der Waals surface area contributed by atoms with E-state index in [9.17, 15) is 0 Å². The Bertz CT molecular complexity index is 624. The smallest absolute Gasteiger partial charge is 0.0468 e. The van der Waals surface area contributed by atoms with Crippen LogP contribution in [0.25, 0.3) is 0 Å². The van der Waals surface area contributed by atoms with E-state index in [1.54, 1.807) is 0 Å². The van der Waals surface area contributed by atoms with Crippen molar-refractivity contribution in [3.8, 4) is 0 Å². The zero-order chi connectivity index (χ0) is 14.1. The van der Waals surface area contributed by atoms with E-state index in [1.807, 2.05) is 12.1 Å². The van der Waals surface area contributed by atoms with E-state index in [1.165, 1.54) is 22.3 Å². The minimum atomic E-state index is 0.172. The molecule has 0 bridgehead atoms. The van der Waals surface area contributed by atoms with Crippen LogP contribution >= 0.6 is 11.6 Å². The quantitative estimate of drug-likeness (QED) is 0.661. The summed E-state index contributed by atoms with van der Waals surface area (Å²) in [6.45, 7) is 2.08. The Kier molecular flexibility index (Phi) is 3.79. The molecule has 2 atom stereocenters. The lowest BCUT2D eigenvalue weighted by Crippen LogP contribution is -2.32. The second-order valence-electron chi connectivity index (χ2n) is 5.56. The minimum absolute atomic E-state index is 0.172. The summed E-state index contributed by atoms with van der Waals surface area (Å²) in [5.74, 6) is 6.38. The van der Waals surface area contributed by atoms with Crippen molar-refractivity contribution in [1.29, 1.82) is 0 Å². The monoisotopic (exact) mass is 286 g/mol. The third kappa shape index (κ3) is 2.47. The molecule has 2 nitrogen and oxygen atoms in total. The molecular weight excluding hydrogens is 268 g/mol. The summed E-state index contributed by atoms with van der Waals surface area (Å²) in [5.41, 5.74) is 8.34. The van der Waals surface area contributed by atoms with Crippen LogP contribution in [0.3, 0.4) is 0 Å². The van der Waals surface area contributed by atoms with Crippen LogP contribution in [0.1, 0.15) is 40.6 Å². The van der Waals surface area contributed by atoms with Gasteiger partial charge in [-0.25, -0.2) is 0 Å². The van der Waals surface area contributed by atoms with Crippen molar-refractivity contribution in [3.05, 3.63) is 69.7 Å². The van der Waals surface area contributed by atoms with Gasteiger partial charge in [0.05, 0.1) is 0 Å². The third-order valence-electron chi connectivity index (χ3n) is 4.29. The zero-order valence-electron chi connectivity index (χ0n) is 11.6. The van der Waals surface area contributed by atoms with Crippen molar-refractivity contribution in [2.45, 2.75) is 31.7 Å². The van der Waals surface area contributed by atoms with Gasteiger partial charge in [0.15, 0.2) is 0 Å². The van der Waals surface area contributed by atoms with Crippen molar-refractivity contribution in [2.75, 3.05) is 0 Å². The summed E-state index contributed by atoms with van der Waals surface area (Å²) in [5, 5.41) is 0.774. The van der Waals surface area contributed by atoms with Crippen molar-refractivity contribution >= 4 is 11.6 Å². The third-order valence-corrected chi connectivity index (χ3v) is 4.52. The molecule has 0 saturated heterocycles. The molecule has 1 aliphatic rings. The molecule has 1 aliphatic carbocycles. The Balaban J connectivity index is 1.79. The molecule has 0 radical (unpaired) electrons. The number of fused-ring (bicyclic) bond motifs is 1. The fourth-order valence-corrected chi connectivity index (χ4v) is 3.40. The van der Waals surface area contributed by atoms with Gasteiger partial charge < -0.3 is 0 Å². The topological polar surface area (TPSA) is 38.0 Å². The normalized spacial score (nSPS) is 18.2. The predicted octanol–water partition coefficient (Wildman–Crippen LogP) is 3.88. The summed E-state index contributed by atoms with van der Waals surface area (Å²) in [7, 11) is 0. The second-order valence-corrected chi connectivity index (χ2v) is 5.99. The van der Waals surface area contributed by atoms with Crippen LogP contribution in [0.15, 0.2) is 42.5 Å². The van der Waals surface area contributed by atoms with Gasteiger partial charge in [-0.05, 0) is 60.1 Å². The summed E-state index contributed by atoms with van der Waals surface area (Å²) in [6.07, 6.45) is 2.18. The van der Waals surface area contributed by atoms with Crippen LogP contribution in [0.2, 0.25) is 5.02 Å². The SMILES string of the molecule is Cc1cc(Cl)ccc1C(CC1Cc2ccccc21)NN. The molecular formula is C17H19ClN2. The summed E-state index contributed by atoms with van der Waals surface area (Å²) >= 11 is 6.02. The van der Waals surface area contributed by atoms with Gasteiger partial charge in [-0.1, -0.05) is 41.9 Å². The number of nitrogens with one attached hydrogen (secondary N) is 1. The van der Waals surface area contributed by atoms with Gasteiger partial charge in [0.25, 0.3) is 0 Å². The van der Waals surface area contributed by atoms with Gasteiger partial charge in [-0.15, -0.1) is 0 Å². The Morgan fingerprint density at radius 2 is 2.10 bits per heavy atom. The van der Waals surface area contributed by atoms with Gasteiger partial charge in [0.1, 0.15) is 0 Å². The summed E-state index contributed by atoms with van der Waals surface area (Å²) in [6, 6.07) is 14.8. The van der Waals surface area contributed by atoms with E-state index in [-0.39, 0.29) is 6.04 Å². The minimum Gasteiger partial charge on any atom is -0.271 e. The Morgan fingerprint density at radius 3 is 2.80 bits per heavy atom. The highest BCUT2D eigenvalue weighted by molar-refractivity contribution is 6.30. The Hall–Kier alpha value is -1.35. The molecule has 2 aromatic carbocycles. The number of aryl methyl sites for hydroxylation is 1. The molecule has 0 amide bonds. The van der Waals surface area contributed by atoms with Gasteiger partial charge >= 0.3 is 0 Å². The fraction of sp³-hybridized carbons (Fsp3) is 0.294. The molecule has 3 heteroatoms. The number of benzene rings is 2. The average Bonchev–Trinajstić information content (AvgIpc) is 2.41. The predicted molar refractivity (Wildman–Crippen MR) is 83.8 cm³/mol. The molecule has 3 N–H and O–H groups in total. The number of nitrogens with two attached hydrogens (primary N) is 1. The van der Waals surface area contributed by atoms with Crippen LogP contribution in [0, 0.1) is 6.92 Å². The molecule has 3 rings (SSSR count). The molecule has 20 heavy (non-hydrogen) atoms. The molecule has 0 saturated carbocycles. The molecule has 0 aliphatic heterocycles. The largest absolute Gasteiger partial charge is 0.271 e. The Labute approximate surface area is 124 Å². The molecule has 2 unspecified atom stereocenters. The van der Waals surface area contributed by atoms with Gasteiger partial charge in [0.2, 0.25) is 0 Å². The molecule has 0 spiro atoms. The molecule has 104 valence electrons. The first kappa shape index (κ1) is 13.6. The lowest BCUT2D eigenvalue weighted by molar-refractivity contribution is 0.434. The molecule has 0 heterocycles. The highest BCUT2D eigenvalue weighted by Gasteiger charge is 2.28. The summed E-state index contributed by atoms with van der Waals surface area (Å²) in [4.78, 5) is 0. The molecule has 0 fully saturated rings. The van der Waals surface area contributed by atoms with Crippen LogP contribution in [0.5, 0.6) is 0 Å². The summed E-state index contributed by atoms with van der Waals surface area (Å²) < 4.78 is 0. The van der Waals surface area contributed by atoms with E-state index in [0.717, 1.165) is 17.9 Å². The van der Waals surface area contributed by atoms with Gasteiger partial charge in [-0.3, -0.25) is 11.3 Å². The highest BCUT2D eigenvalue weighted by Crippen LogP contribution is 2.41. The number of hydrazine groups is 1. The van der Waals surface area contributed by atoms with Gasteiger partial charge in [-0.2, -0.15) is 0 Å². The van der Waals surface area contributed by atoms with Crippen molar-refractivity contribution < 1.29 is 0 Å². The zero-order valence-corrected chi connectivity index (χ0v) is 12.3. The maximum Gasteiger partial charge on any atom is 0.0468 e. The van der Waals surface area contributed by atoms with E-state index in [0.29, 0.717) is 5.92 Å². The van der Waals surface area contributed by atoms with Crippen LogP contribution < -0.4 is 11.3 Å². The number of halogens is 1. The average molecular weight is 287 g/mol. The first-order chi connectivity index (χ1) is 9.69. The second kappa shape index (κ2) is 5.57. The maximum atomic E-state index is 6.02. The van der Waals surface area contributed by atoms with E-state index in [4.69, 9.17) is 17.4 Å². The first-order valence-corrected chi connectivity index (χ1v) is 7.37. The number of hydrogen-bond acceptors (Lipinski definition) is 2. The standard InChI is InChI=1S/C17H19ClN2/c1-11-8-14(18)6-7-15(11)17(20-19)10-13-9-12-4-2-3-5-16(12)13/h2-8,13,17,20H,9-10,19H2,1H3. The molecule has 0 aromatic heterocycles. The highest BCUT2D eigenvalue weighted by atomic mass is 35.5. The fourth-order valence-electron chi connectivity index (χ4n) is 3.17. The van der Waals surface area contributed by atoms with Crippen molar-refractivity contribution in [3.63, 3.8) is 0 Å².